The maximum Gasteiger partial charge on any atom is 0.411 e. The van der Waals surface area contributed by atoms with E-state index in [0.29, 0.717) is 34.3 Å². The number of halogens is 3. The van der Waals surface area contributed by atoms with Crippen molar-refractivity contribution in [1.29, 1.82) is 0 Å². The third-order valence-electron chi connectivity index (χ3n) is 5.38. The smallest absolute Gasteiger partial charge is 0.370 e. The SMILES string of the molecule is Cc1cccc(Nc2nc(N3CCN(C)CC3)nc3c(C)nn(CCOCC(F)(F)F)c23)n1. The number of piperazine rings is 1. The average molecular weight is 464 g/mol. The number of hydrogen-bond acceptors (Lipinski definition) is 8. The van der Waals surface area contributed by atoms with E-state index in [4.69, 9.17) is 14.7 Å². The lowest BCUT2D eigenvalue weighted by molar-refractivity contribution is -0.174. The summed E-state index contributed by atoms with van der Waals surface area (Å²) in [4.78, 5) is 18.4. The van der Waals surface area contributed by atoms with Crippen molar-refractivity contribution in [2.45, 2.75) is 26.6 Å². The van der Waals surface area contributed by atoms with Crippen molar-refractivity contribution in [2.24, 2.45) is 0 Å². The van der Waals surface area contributed by atoms with Crippen molar-refractivity contribution in [3.8, 4) is 0 Å². The van der Waals surface area contributed by atoms with Crippen molar-refractivity contribution in [3.05, 3.63) is 29.6 Å². The van der Waals surface area contributed by atoms with E-state index >= 15 is 0 Å². The van der Waals surface area contributed by atoms with Gasteiger partial charge in [-0.25, -0.2) is 9.97 Å². The number of anilines is 3. The van der Waals surface area contributed by atoms with Gasteiger partial charge in [-0.15, -0.1) is 0 Å². The number of aryl methyl sites for hydroxylation is 2. The lowest BCUT2D eigenvalue weighted by atomic mass is 10.3. The Morgan fingerprint density at radius 1 is 1.06 bits per heavy atom. The lowest BCUT2D eigenvalue weighted by Gasteiger charge is -2.32. The van der Waals surface area contributed by atoms with Gasteiger partial charge in [0.15, 0.2) is 5.82 Å². The van der Waals surface area contributed by atoms with E-state index in [9.17, 15) is 13.2 Å². The van der Waals surface area contributed by atoms with Crippen molar-refractivity contribution < 1.29 is 17.9 Å². The van der Waals surface area contributed by atoms with Crippen molar-refractivity contribution in [2.75, 3.05) is 56.7 Å². The quantitative estimate of drug-likeness (QED) is 0.535. The van der Waals surface area contributed by atoms with Gasteiger partial charge >= 0.3 is 6.18 Å². The molecule has 1 saturated heterocycles. The first kappa shape index (κ1) is 23.2. The number of ether oxygens (including phenoxy) is 1. The average Bonchev–Trinajstić information content (AvgIpc) is 3.07. The number of likely N-dealkylation sites (N-methyl/N-ethyl adjacent to an activating group) is 1. The predicted octanol–water partition coefficient (Wildman–Crippen LogP) is 2.91. The first-order valence-corrected chi connectivity index (χ1v) is 10.7. The highest BCUT2D eigenvalue weighted by Gasteiger charge is 2.27. The summed E-state index contributed by atoms with van der Waals surface area (Å²) < 4.78 is 43.7. The fourth-order valence-corrected chi connectivity index (χ4v) is 3.69. The topological polar surface area (TPSA) is 84.2 Å². The van der Waals surface area contributed by atoms with Gasteiger partial charge < -0.3 is 19.9 Å². The molecule has 0 atom stereocenters. The molecule has 0 unspecified atom stereocenters. The maximum absolute atomic E-state index is 12.4. The summed E-state index contributed by atoms with van der Waals surface area (Å²) in [6.45, 7) is 5.80. The van der Waals surface area contributed by atoms with E-state index in [1.54, 1.807) is 4.68 Å². The molecule has 0 spiro atoms. The molecule has 9 nitrogen and oxygen atoms in total. The van der Waals surface area contributed by atoms with E-state index in [2.05, 4.69) is 32.2 Å². The molecule has 178 valence electrons. The second kappa shape index (κ2) is 9.48. The molecule has 4 heterocycles. The minimum absolute atomic E-state index is 0.133. The van der Waals surface area contributed by atoms with Crippen molar-refractivity contribution in [1.82, 2.24) is 29.6 Å². The highest BCUT2D eigenvalue weighted by atomic mass is 19.4. The molecule has 1 aliphatic heterocycles. The summed E-state index contributed by atoms with van der Waals surface area (Å²) in [6, 6.07) is 5.61. The molecule has 0 bridgehead atoms. The van der Waals surface area contributed by atoms with Crippen LogP contribution in [0.2, 0.25) is 0 Å². The van der Waals surface area contributed by atoms with Crippen LogP contribution >= 0.6 is 0 Å². The molecule has 4 rings (SSSR count). The van der Waals surface area contributed by atoms with E-state index in [1.165, 1.54) is 0 Å². The minimum Gasteiger partial charge on any atom is -0.370 e. The summed E-state index contributed by atoms with van der Waals surface area (Å²) in [5.41, 5.74) is 2.75. The predicted molar refractivity (Wildman–Crippen MR) is 119 cm³/mol. The zero-order valence-corrected chi connectivity index (χ0v) is 18.9. The van der Waals surface area contributed by atoms with E-state index in [-0.39, 0.29) is 13.2 Å². The van der Waals surface area contributed by atoms with Gasteiger partial charge in [0, 0.05) is 31.9 Å². The number of nitrogens with one attached hydrogen (secondary N) is 1. The minimum atomic E-state index is -4.37. The third kappa shape index (κ3) is 5.69. The van der Waals surface area contributed by atoms with Crippen LogP contribution in [0.15, 0.2) is 18.2 Å². The largest absolute Gasteiger partial charge is 0.411 e. The molecule has 3 aromatic rings. The molecular weight excluding hydrogens is 437 g/mol. The Kier molecular flexibility index (Phi) is 6.66. The van der Waals surface area contributed by atoms with E-state index in [0.717, 1.165) is 31.9 Å². The molecule has 3 aromatic heterocycles. The van der Waals surface area contributed by atoms with Crippen LogP contribution in [0.3, 0.4) is 0 Å². The van der Waals surface area contributed by atoms with Crippen molar-refractivity contribution in [3.63, 3.8) is 0 Å². The number of aromatic nitrogens is 5. The van der Waals surface area contributed by atoms with E-state index in [1.807, 2.05) is 32.0 Å². The summed E-state index contributed by atoms with van der Waals surface area (Å²) in [5, 5.41) is 7.77. The molecule has 0 saturated carbocycles. The van der Waals surface area contributed by atoms with Crippen molar-refractivity contribution >= 4 is 28.6 Å². The number of pyridine rings is 1. The standard InChI is InChI=1S/C21H27F3N8O/c1-14-5-4-6-16(25-14)26-19-18-17(27-20(28-19)31-9-7-30(3)8-10-31)15(2)29-32(18)11-12-33-13-21(22,23)24/h4-6H,7-13H2,1-3H3,(H,25,26,27,28). The van der Waals surface area contributed by atoms with Gasteiger partial charge in [0.2, 0.25) is 5.95 Å². The fraction of sp³-hybridized carbons (Fsp3) is 0.524. The Morgan fingerprint density at radius 3 is 2.52 bits per heavy atom. The molecule has 0 amide bonds. The number of hydrogen-bond donors (Lipinski definition) is 1. The van der Waals surface area contributed by atoms with Crippen LogP contribution in [-0.4, -0.2) is 82.2 Å². The second-order valence-electron chi connectivity index (χ2n) is 8.13. The third-order valence-corrected chi connectivity index (χ3v) is 5.38. The summed E-state index contributed by atoms with van der Waals surface area (Å²) in [6.07, 6.45) is -4.37. The van der Waals surface area contributed by atoms with Gasteiger partial charge in [-0.3, -0.25) is 4.68 Å². The molecule has 1 aliphatic rings. The zero-order valence-electron chi connectivity index (χ0n) is 18.9. The molecule has 0 aromatic carbocycles. The molecule has 12 heteroatoms. The Hall–Kier alpha value is -2.99. The van der Waals surface area contributed by atoms with Gasteiger partial charge in [0.25, 0.3) is 0 Å². The maximum atomic E-state index is 12.4. The van der Waals surface area contributed by atoms with E-state index < -0.39 is 12.8 Å². The Bertz CT molecular complexity index is 1110. The van der Waals surface area contributed by atoms with Crippen LogP contribution in [0, 0.1) is 13.8 Å². The Balaban J connectivity index is 1.69. The zero-order chi connectivity index (χ0) is 23.6. The first-order valence-electron chi connectivity index (χ1n) is 10.7. The monoisotopic (exact) mass is 464 g/mol. The number of nitrogens with zero attached hydrogens (tertiary/aromatic N) is 7. The number of alkyl halides is 3. The summed E-state index contributed by atoms with van der Waals surface area (Å²) in [5.74, 6) is 1.70. The highest BCUT2D eigenvalue weighted by Crippen LogP contribution is 2.28. The van der Waals surface area contributed by atoms with Crippen LogP contribution in [0.4, 0.5) is 30.8 Å². The Morgan fingerprint density at radius 2 is 1.82 bits per heavy atom. The van der Waals surface area contributed by atoms with Gasteiger partial charge in [0.05, 0.1) is 18.8 Å². The molecule has 1 fully saturated rings. The molecule has 1 N–H and O–H groups in total. The first-order chi connectivity index (χ1) is 15.7. The second-order valence-corrected chi connectivity index (χ2v) is 8.13. The van der Waals surface area contributed by atoms with Crippen LogP contribution < -0.4 is 10.2 Å². The van der Waals surface area contributed by atoms with Gasteiger partial charge in [-0.1, -0.05) is 6.07 Å². The fourth-order valence-electron chi connectivity index (χ4n) is 3.69. The van der Waals surface area contributed by atoms with Crippen LogP contribution in [0.5, 0.6) is 0 Å². The van der Waals surface area contributed by atoms with Gasteiger partial charge in [-0.2, -0.15) is 23.3 Å². The Labute approximate surface area is 189 Å². The number of fused-ring (bicyclic) bond motifs is 1. The van der Waals surface area contributed by atoms with Gasteiger partial charge in [-0.05, 0) is 33.0 Å². The molecule has 0 aliphatic carbocycles. The summed E-state index contributed by atoms with van der Waals surface area (Å²) in [7, 11) is 2.08. The van der Waals surface area contributed by atoms with Crippen LogP contribution in [-0.2, 0) is 11.3 Å². The number of rotatable bonds is 7. The molecule has 33 heavy (non-hydrogen) atoms. The van der Waals surface area contributed by atoms with Crippen LogP contribution in [0.25, 0.3) is 11.0 Å². The molecule has 0 radical (unpaired) electrons. The lowest BCUT2D eigenvalue weighted by Crippen LogP contribution is -2.45. The highest BCUT2D eigenvalue weighted by molar-refractivity contribution is 5.90. The van der Waals surface area contributed by atoms with Crippen LogP contribution in [0.1, 0.15) is 11.4 Å². The summed E-state index contributed by atoms with van der Waals surface area (Å²) >= 11 is 0. The van der Waals surface area contributed by atoms with Gasteiger partial charge in [0.1, 0.15) is 23.5 Å². The molecular formula is C21H27F3N8O. The normalized spacial score (nSPS) is 15.4.